The van der Waals surface area contributed by atoms with Crippen LogP contribution in [0.1, 0.15) is 19.7 Å². The Morgan fingerprint density at radius 3 is 2.46 bits per heavy atom. The minimum Gasteiger partial charge on any atom is -0.472 e. The van der Waals surface area contributed by atoms with E-state index in [1.807, 2.05) is 32.9 Å². The van der Waals surface area contributed by atoms with E-state index in [1.165, 1.54) is 0 Å². The Bertz CT molecular complexity index is 901. The second-order valence-corrected chi connectivity index (χ2v) is 6.53. The molecule has 1 fully saturated rings. The first kappa shape index (κ1) is 16.5. The molecule has 1 saturated heterocycles. The molecule has 0 radical (unpaired) electrons. The van der Waals surface area contributed by atoms with Gasteiger partial charge in [-0.3, -0.25) is 0 Å². The molecule has 4 rings (SSSR count). The molecule has 3 aromatic heterocycles. The second-order valence-electron chi connectivity index (χ2n) is 6.53. The zero-order valence-corrected chi connectivity index (χ0v) is 15.2. The molecule has 3 aromatic rings. The van der Waals surface area contributed by atoms with Crippen LogP contribution >= 0.6 is 0 Å². The lowest BCUT2D eigenvalue weighted by Gasteiger charge is -2.36. The third-order valence-corrected chi connectivity index (χ3v) is 4.30. The monoisotopic (exact) mass is 354 g/mol. The van der Waals surface area contributed by atoms with Gasteiger partial charge in [-0.15, -0.1) is 15.3 Å². The van der Waals surface area contributed by atoms with Crippen molar-refractivity contribution in [1.82, 2.24) is 29.8 Å². The zero-order chi connectivity index (χ0) is 18.1. The van der Waals surface area contributed by atoms with E-state index < -0.39 is 0 Å². The molecule has 0 aliphatic carbocycles. The van der Waals surface area contributed by atoms with E-state index in [9.17, 15) is 0 Å². The van der Waals surface area contributed by atoms with E-state index >= 15 is 0 Å². The van der Waals surface area contributed by atoms with E-state index in [0.29, 0.717) is 5.88 Å². The fourth-order valence-electron chi connectivity index (χ4n) is 3.04. The van der Waals surface area contributed by atoms with Gasteiger partial charge >= 0.3 is 0 Å². The van der Waals surface area contributed by atoms with Gasteiger partial charge < -0.3 is 14.5 Å². The van der Waals surface area contributed by atoms with Crippen molar-refractivity contribution >= 4 is 17.3 Å². The highest BCUT2D eigenvalue weighted by atomic mass is 16.5. The van der Waals surface area contributed by atoms with Gasteiger partial charge in [-0.25, -0.2) is 9.97 Å². The summed E-state index contributed by atoms with van der Waals surface area (Å²) < 4.78 is 7.58. The van der Waals surface area contributed by atoms with Crippen LogP contribution in [0.25, 0.3) is 5.65 Å². The number of anilines is 2. The fraction of sp³-hybridized carbons (Fsp3) is 0.471. The maximum Gasteiger partial charge on any atom is 0.257 e. The Kier molecular flexibility index (Phi) is 4.27. The van der Waals surface area contributed by atoms with Crippen LogP contribution in [-0.2, 0) is 0 Å². The van der Waals surface area contributed by atoms with Gasteiger partial charge in [0.2, 0.25) is 0 Å². The molecule has 0 atom stereocenters. The van der Waals surface area contributed by atoms with Crippen molar-refractivity contribution in [2.45, 2.75) is 26.9 Å². The molecule has 0 spiro atoms. The van der Waals surface area contributed by atoms with Gasteiger partial charge in [-0.05, 0) is 32.9 Å². The summed E-state index contributed by atoms with van der Waals surface area (Å²) in [5.41, 5.74) is 0.764. The number of piperazine rings is 1. The Morgan fingerprint density at radius 1 is 0.962 bits per heavy atom. The Labute approximate surface area is 151 Å². The molecule has 1 aliphatic heterocycles. The topological polar surface area (TPSA) is 84.6 Å². The highest BCUT2D eigenvalue weighted by Gasteiger charge is 2.23. The summed E-state index contributed by atoms with van der Waals surface area (Å²) in [6, 6.07) is 3.95. The quantitative estimate of drug-likeness (QED) is 0.694. The molecule has 9 heteroatoms. The fourth-order valence-corrected chi connectivity index (χ4v) is 3.04. The van der Waals surface area contributed by atoms with Crippen molar-refractivity contribution in [3.63, 3.8) is 0 Å². The Morgan fingerprint density at radius 2 is 1.69 bits per heavy atom. The number of aryl methyl sites for hydroxylation is 1. The van der Waals surface area contributed by atoms with Crippen LogP contribution < -0.4 is 14.5 Å². The summed E-state index contributed by atoms with van der Waals surface area (Å²) in [5, 5.41) is 12.8. The van der Waals surface area contributed by atoms with E-state index in [1.54, 1.807) is 16.9 Å². The minimum absolute atomic E-state index is 0.0645. The third kappa shape index (κ3) is 3.12. The molecule has 0 unspecified atom stereocenters. The van der Waals surface area contributed by atoms with Crippen molar-refractivity contribution < 1.29 is 4.74 Å². The number of hydrogen-bond acceptors (Lipinski definition) is 8. The molecule has 26 heavy (non-hydrogen) atoms. The number of fused-ring (bicyclic) bond motifs is 1. The van der Waals surface area contributed by atoms with E-state index in [2.05, 4.69) is 35.1 Å². The molecular weight excluding hydrogens is 332 g/mol. The molecule has 0 saturated carbocycles. The smallest absolute Gasteiger partial charge is 0.257 e. The maximum atomic E-state index is 5.80. The van der Waals surface area contributed by atoms with Crippen LogP contribution in [-0.4, -0.2) is 62.1 Å². The van der Waals surface area contributed by atoms with Crippen molar-refractivity contribution in [3.8, 4) is 5.88 Å². The lowest BCUT2D eigenvalue weighted by molar-refractivity contribution is 0.232. The molecule has 4 heterocycles. The molecule has 0 bridgehead atoms. The second kappa shape index (κ2) is 6.74. The molecule has 0 amide bonds. The van der Waals surface area contributed by atoms with Gasteiger partial charge in [-0.1, -0.05) is 0 Å². The van der Waals surface area contributed by atoms with Gasteiger partial charge in [0.25, 0.3) is 5.88 Å². The summed E-state index contributed by atoms with van der Waals surface area (Å²) in [5.74, 6) is 3.11. The highest BCUT2D eigenvalue weighted by Crippen LogP contribution is 2.25. The Hall–Kier alpha value is -2.97. The average molecular weight is 354 g/mol. The summed E-state index contributed by atoms with van der Waals surface area (Å²) in [6.07, 6.45) is 3.44. The SMILES string of the molecule is Cc1nnc2ccc(N3CCN(c4nccnc4OC(C)C)CC3)nn12. The molecule has 1 aliphatic rings. The first-order valence-electron chi connectivity index (χ1n) is 8.78. The number of ether oxygens (including phenoxy) is 1. The number of hydrogen-bond donors (Lipinski definition) is 0. The van der Waals surface area contributed by atoms with Crippen LogP contribution in [0, 0.1) is 6.92 Å². The minimum atomic E-state index is 0.0645. The standard InChI is InChI=1S/C17H22N8O/c1-12(2)26-17-16(18-6-7-19-17)24-10-8-23(9-11-24)15-5-4-14-21-20-13(3)25(14)22-15/h4-7,12H,8-11H2,1-3H3. The molecule has 0 aromatic carbocycles. The molecule has 9 nitrogen and oxygen atoms in total. The Balaban J connectivity index is 1.49. The average Bonchev–Trinajstić information content (AvgIpc) is 3.02. The molecule has 0 N–H and O–H groups in total. The van der Waals surface area contributed by atoms with E-state index in [-0.39, 0.29) is 6.10 Å². The van der Waals surface area contributed by atoms with Gasteiger partial charge in [0.05, 0.1) is 6.10 Å². The molecule has 136 valence electrons. The largest absolute Gasteiger partial charge is 0.472 e. The highest BCUT2D eigenvalue weighted by molar-refractivity contribution is 5.51. The maximum absolute atomic E-state index is 5.80. The molecular formula is C17H22N8O. The first-order chi connectivity index (χ1) is 12.6. The normalized spacial score (nSPS) is 15.1. The summed E-state index contributed by atoms with van der Waals surface area (Å²) >= 11 is 0. The van der Waals surface area contributed by atoms with Crippen LogP contribution in [0.15, 0.2) is 24.5 Å². The summed E-state index contributed by atoms with van der Waals surface area (Å²) in [7, 11) is 0. The number of aromatic nitrogens is 6. The first-order valence-corrected chi connectivity index (χ1v) is 8.78. The van der Waals surface area contributed by atoms with Gasteiger partial charge in [0.1, 0.15) is 5.82 Å². The third-order valence-electron chi connectivity index (χ3n) is 4.30. The summed E-state index contributed by atoms with van der Waals surface area (Å²) in [4.78, 5) is 13.3. The zero-order valence-electron chi connectivity index (χ0n) is 15.2. The van der Waals surface area contributed by atoms with Crippen molar-refractivity contribution in [2.75, 3.05) is 36.0 Å². The predicted octanol–water partition coefficient (Wildman–Crippen LogP) is 1.34. The summed E-state index contributed by atoms with van der Waals surface area (Å²) in [6.45, 7) is 9.23. The van der Waals surface area contributed by atoms with Crippen LogP contribution in [0.5, 0.6) is 5.88 Å². The van der Waals surface area contributed by atoms with Crippen molar-refractivity contribution in [3.05, 3.63) is 30.4 Å². The van der Waals surface area contributed by atoms with E-state index in [4.69, 9.17) is 4.74 Å². The van der Waals surface area contributed by atoms with Crippen molar-refractivity contribution in [1.29, 1.82) is 0 Å². The van der Waals surface area contributed by atoms with Gasteiger partial charge in [-0.2, -0.15) is 4.52 Å². The van der Waals surface area contributed by atoms with Crippen LogP contribution in [0.4, 0.5) is 11.6 Å². The van der Waals surface area contributed by atoms with Crippen molar-refractivity contribution in [2.24, 2.45) is 0 Å². The predicted molar refractivity (Wildman–Crippen MR) is 97.7 cm³/mol. The number of rotatable bonds is 4. The van der Waals surface area contributed by atoms with E-state index in [0.717, 1.165) is 49.3 Å². The van der Waals surface area contributed by atoms with Crippen LogP contribution in [0.2, 0.25) is 0 Å². The van der Waals surface area contributed by atoms with Gasteiger partial charge in [0, 0.05) is 38.6 Å². The lowest BCUT2D eigenvalue weighted by atomic mass is 10.3. The lowest BCUT2D eigenvalue weighted by Crippen LogP contribution is -2.47. The number of nitrogens with zero attached hydrogens (tertiary/aromatic N) is 8. The van der Waals surface area contributed by atoms with Gasteiger partial charge in [0.15, 0.2) is 17.3 Å². The van der Waals surface area contributed by atoms with Crippen LogP contribution in [0.3, 0.4) is 0 Å².